The lowest BCUT2D eigenvalue weighted by Gasteiger charge is -2.10. The van der Waals surface area contributed by atoms with Crippen molar-refractivity contribution in [2.24, 2.45) is 0 Å². The zero-order valence-corrected chi connectivity index (χ0v) is 15.5. The number of aromatic nitrogens is 2. The molecular formula is C17H31N2OS+. The van der Waals surface area contributed by atoms with Crippen LogP contribution in [0, 0.1) is 0 Å². The van der Waals surface area contributed by atoms with Crippen LogP contribution in [-0.2, 0) is 17.6 Å². The van der Waals surface area contributed by atoms with E-state index in [-0.39, 0.29) is 0 Å². The second-order valence-corrected chi connectivity index (χ2v) is 6.93. The summed E-state index contributed by atoms with van der Waals surface area (Å²) in [6, 6.07) is 0.842. The summed E-state index contributed by atoms with van der Waals surface area (Å²) in [6.45, 7) is 15.3. The van der Waals surface area contributed by atoms with E-state index in [0.717, 1.165) is 12.8 Å². The molecule has 0 radical (unpaired) electrons. The van der Waals surface area contributed by atoms with Crippen molar-refractivity contribution in [3.8, 4) is 0 Å². The molecule has 0 aliphatic heterocycles. The van der Waals surface area contributed by atoms with E-state index in [2.05, 4.69) is 50.7 Å². The van der Waals surface area contributed by atoms with Crippen molar-refractivity contribution < 1.29 is 9.36 Å². The predicted octanol–water partition coefficient (Wildman–Crippen LogP) is 4.13. The number of thioether (sulfide) groups is 1. The molecule has 0 aliphatic rings. The molecule has 0 fully saturated rings. The van der Waals surface area contributed by atoms with Crippen LogP contribution in [0.5, 0.6) is 0 Å². The minimum absolute atomic E-state index is 0.322. The Morgan fingerprint density at radius 2 is 1.76 bits per heavy atom. The van der Waals surface area contributed by atoms with Crippen LogP contribution in [0.4, 0.5) is 0 Å². The van der Waals surface area contributed by atoms with E-state index in [0.29, 0.717) is 30.0 Å². The van der Waals surface area contributed by atoms with Crippen molar-refractivity contribution in [1.29, 1.82) is 0 Å². The van der Waals surface area contributed by atoms with Crippen molar-refractivity contribution in [3.63, 3.8) is 0 Å². The van der Waals surface area contributed by atoms with Crippen molar-refractivity contribution in [2.75, 3.05) is 5.75 Å². The van der Waals surface area contributed by atoms with Gasteiger partial charge in [-0.1, -0.05) is 20.8 Å². The Kier molecular flexibility index (Phi) is 6.98. The highest BCUT2D eigenvalue weighted by Crippen LogP contribution is 2.27. The fraction of sp³-hybridized carbons (Fsp3) is 0.765. The van der Waals surface area contributed by atoms with Gasteiger partial charge >= 0.3 is 5.16 Å². The number of carbonyl (C=O) groups is 1. The van der Waals surface area contributed by atoms with Gasteiger partial charge in [0.15, 0.2) is 0 Å². The van der Waals surface area contributed by atoms with E-state index in [1.165, 1.54) is 16.5 Å². The molecular weight excluding hydrogens is 280 g/mol. The molecule has 21 heavy (non-hydrogen) atoms. The largest absolute Gasteiger partial charge is 0.319 e. The minimum atomic E-state index is 0.322. The fourth-order valence-corrected chi connectivity index (χ4v) is 4.24. The number of nitrogens with zero attached hydrogens (tertiary/aromatic N) is 2. The summed E-state index contributed by atoms with van der Waals surface area (Å²) in [5, 5.41) is 1.25. The number of rotatable bonds is 8. The summed E-state index contributed by atoms with van der Waals surface area (Å²) >= 11 is 1.71. The van der Waals surface area contributed by atoms with Gasteiger partial charge in [-0.15, -0.1) is 0 Å². The summed E-state index contributed by atoms with van der Waals surface area (Å²) in [4.78, 5) is 11.7. The van der Waals surface area contributed by atoms with Gasteiger partial charge in [-0.2, -0.15) is 0 Å². The molecule has 0 amide bonds. The summed E-state index contributed by atoms with van der Waals surface area (Å²) < 4.78 is 4.87. The Balaban J connectivity index is 3.41. The third-order valence-corrected chi connectivity index (χ3v) is 4.90. The van der Waals surface area contributed by atoms with Gasteiger partial charge in [0, 0.05) is 19.3 Å². The Morgan fingerprint density at radius 3 is 2.14 bits per heavy atom. The summed E-state index contributed by atoms with van der Waals surface area (Å²) in [6.07, 6.45) is 2.70. The second kappa shape index (κ2) is 8.02. The van der Waals surface area contributed by atoms with Gasteiger partial charge in [-0.05, 0) is 39.5 Å². The monoisotopic (exact) mass is 311 g/mol. The first-order valence-electron chi connectivity index (χ1n) is 8.20. The van der Waals surface area contributed by atoms with E-state index >= 15 is 0 Å². The molecule has 0 unspecified atom stereocenters. The first kappa shape index (κ1) is 18.3. The van der Waals surface area contributed by atoms with E-state index in [4.69, 9.17) is 0 Å². The number of ketones is 1. The standard InChI is InChI=1S/C17H31N2OS/c1-8-14(20)11-21-17-18(12(4)5)15(9-2)16(10-3)19(17)13(6)7/h12-13H,8-11H2,1-7H3/q+1. The normalized spacial score (nSPS) is 11.7. The first-order chi connectivity index (χ1) is 9.88. The van der Waals surface area contributed by atoms with Crippen molar-refractivity contribution in [3.05, 3.63) is 11.4 Å². The van der Waals surface area contributed by atoms with Crippen molar-refractivity contribution >= 4 is 17.5 Å². The van der Waals surface area contributed by atoms with Gasteiger partial charge in [0.25, 0.3) is 0 Å². The Hall–Kier alpha value is -0.770. The third kappa shape index (κ3) is 3.91. The highest BCUT2D eigenvalue weighted by molar-refractivity contribution is 7.99. The SMILES string of the molecule is CCC(=O)CSc1n(C(C)C)c(CC)c(CC)[n+]1C(C)C. The topological polar surface area (TPSA) is 25.9 Å². The lowest BCUT2D eigenvalue weighted by atomic mass is 10.2. The van der Waals surface area contributed by atoms with Crippen LogP contribution in [0.3, 0.4) is 0 Å². The summed E-state index contributed by atoms with van der Waals surface area (Å²) in [7, 11) is 0. The van der Waals surface area contributed by atoms with Gasteiger partial charge < -0.3 is 0 Å². The lowest BCUT2D eigenvalue weighted by molar-refractivity contribution is -0.757. The highest BCUT2D eigenvalue weighted by atomic mass is 32.2. The van der Waals surface area contributed by atoms with E-state index in [1.54, 1.807) is 11.8 Å². The summed E-state index contributed by atoms with van der Waals surface area (Å²) in [5.74, 6) is 0.898. The minimum Gasteiger partial charge on any atom is -0.299 e. The number of Topliss-reactive ketones (excluding diaryl/α,β-unsaturated/α-hetero) is 1. The first-order valence-corrected chi connectivity index (χ1v) is 9.19. The molecule has 0 saturated heterocycles. The lowest BCUT2D eigenvalue weighted by Crippen LogP contribution is -2.41. The molecule has 0 saturated carbocycles. The Morgan fingerprint density at radius 1 is 1.14 bits per heavy atom. The van der Waals surface area contributed by atoms with Crippen LogP contribution >= 0.6 is 11.8 Å². The Labute approximate surface area is 134 Å². The molecule has 1 heterocycles. The van der Waals surface area contributed by atoms with Gasteiger partial charge in [-0.3, -0.25) is 4.79 Å². The molecule has 0 bridgehead atoms. The zero-order valence-electron chi connectivity index (χ0n) is 14.7. The average Bonchev–Trinajstić information content (AvgIpc) is 2.77. The van der Waals surface area contributed by atoms with Crippen LogP contribution in [0.25, 0.3) is 0 Å². The summed E-state index contributed by atoms with van der Waals surface area (Å²) in [5.41, 5.74) is 2.85. The van der Waals surface area contributed by atoms with Gasteiger partial charge in [0.1, 0.15) is 17.2 Å². The van der Waals surface area contributed by atoms with E-state index in [9.17, 15) is 4.79 Å². The van der Waals surface area contributed by atoms with E-state index < -0.39 is 0 Å². The third-order valence-electron chi connectivity index (χ3n) is 3.79. The molecule has 4 heteroatoms. The fourth-order valence-electron chi connectivity index (χ4n) is 2.83. The molecule has 3 nitrogen and oxygen atoms in total. The zero-order chi connectivity index (χ0) is 16.2. The predicted molar refractivity (Wildman–Crippen MR) is 90.2 cm³/mol. The number of hydrogen-bond donors (Lipinski definition) is 0. The number of imidazole rings is 1. The molecule has 0 N–H and O–H groups in total. The van der Waals surface area contributed by atoms with Crippen LogP contribution in [0.15, 0.2) is 5.16 Å². The van der Waals surface area contributed by atoms with Crippen LogP contribution in [-0.4, -0.2) is 16.1 Å². The van der Waals surface area contributed by atoms with Crippen molar-refractivity contribution in [2.45, 2.75) is 85.0 Å². The highest BCUT2D eigenvalue weighted by Gasteiger charge is 2.32. The van der Waals surface area contributed by atoms with Crippen LogP contribution < -0.4 is 4.57 Å². The molecule has 0 aliphatic carbocycles. The maximum absolute atomic E-state index is 11.7. The maximum atomic E-state index is 11.7. The molecule has 0 spiro atoms. The molecule has 1 rings (SSSR count). The quantitative estimate of drug-likeness (QED) is 0.533. The molecule has 120 valence electrons. The van der Waals surface area contributed by atoms with Gasteiger partial charge in [0.2, 0.25) is 0 Å². The molecule has 0 atom stereocenters. The maximum Gasteiger partial charge on any atom is 0.319 e. The van der Waals surface area contributed by atoms with Crippen LogP contribution in [0.2, 0.25) is 0 Å². The molecule has 1 aromatic heterocycles. The molecule has 1 aromatic rings. The second-order valence-electron chi connectivity index (χ2n) is 5.99. The van der Waals surface area contributed by atoms with Gasteiger partial charge in [0.05, 0.1) is 17.8 Å². The number of hydrogen-bond acceptors (Lipinski definition) is 2. The molecule has 0 aromatic carbocycles. The number of carbonyl (C=O) groups excluding carboxylic acids is 1. The van der Waals surface area contributed by atoms with Gasteiger partial charge in [-0.25, -0.2) is 9.13 Å². The van der Waals surface area contributed by atoms with Crippen molar-refractivity contribution in [1.82, 2.24) is 4.57 Å². The average molecular weight is 312 g/mol. The Bertz CT molecular complexity index is 456. The van der Waals surface area contributed by atoms with E-state index in [1.807, 2.05) is 6.92 Å². The smallest absolute Gasteiger partial charge is 0.299 e. The van der Waals surface area contributed by atoms with Crippen LogP contribution in [0.1, 0.15) is 78.4 Å².